The lowest BCUT2D eigenvalue weighted by Crippen LogP contribution is -2.21. The van der Waals surface area contributed by atoms with Gasteiger partial charge in [-0.2, -0.15) is 0 Å². The van der Waals surface area contributed by atoms with Gasteiger partial charge in [0.25, 0.3) is 0 Å². The van der Waals surface area contributed by atoms with E-state index in [1.165, 1.54) is 0 Å². The van der Waals surface area contributed by atoms with Gasteiger partial charge in [-0.05, 0) is 6.92 Å². The third-order valence-electron chi connectivity index (χ3n) is 1.34. The molecule has 1 aliphatic heterocycles. The largest absolute Gasteiger partial charge is 0.362 e. The zero-order valence-electron chi connectivity index (χ0n) is 6.17. The molecule has 0 saturated heterocycles. The van der Waals surface area contributed by atoms with E-state index in [-0.39, 0.29) is 6.15 Å². The molecule has 1 heterocycles. The Balaban J connectivity index is 0.000000640. The molecule has 0 bridgehead atoms. The summed E-state index contributed by atoms with van der Waals surface area (Å²) >= 11 is 0. The second kappa shape index (κ2) is 3.35. The summed E-state index contributed by atoms with van der Waals surface area (Å²) in [6, 6.07) is 0. The van der Waals surface area contributed by atoms with Gasteiger partial charge in [0, 0.05) is 26.0 Å². The van der Waals surface area contributed by atoms with Gasteiger partial charge in [-0.15, -0.1) is 0 Å². The average Bonchev–Trinajstić information content (AvgIpc) is 2.14. The number of hydrogen-bond donors (Lipinski definition) is 1. The summed E-state index contributed by atoms with van der Waals surface area (Å²) in [6.45, 7) is 4.32. The fourth-order valence-electron chi connectivity index (χ4n) is 0.794. The molecule has 3 nitrogen and oxygen atoms in total. The first kappa shape index (κ1) is 8.30. The van der Waals surface area contributed by atoms with E-state index in [0.717, 1.165) is 13.2 Å². The quantitative estimate of drug-likeness (QED) is 0.570. The molecule has 0 radical (unpaired) electrons. The lowest BCUT2D eigenvalue weighted by molar-refractivity contribution is 0.308. The van der Waals surface area contributed by atoms with Gasteiger partial charge in [-0.3, -0.25) is 0 Å². The summed E-state index contributed by atoms with van der Waals surface area (Å²) in [6.07, 6.45) is 4.20. The average molecular weight is 129 g/mol. The summed E-state index contributed by atoms with van der Waals surface area (Å²) in [4.78, 5) is 4.41. The molecule has 0 aliphatic carbocycles. The zero-order chi connectivity index (χ0) is 5.98. The van der Waals surface area contributed by atoms with E-state index in [9.17, 15) is 0 Å². The van der Waals surface area contributed by atoms with E-state index in [1.807, 2.05) is 0 Å². The second-order valence-electron chi connectivity index (χ2n) is 2.10. The highest BCUT2D eigenvalue weighted by molar-refractivity contribution is 4.87. The van der Waals surface area contributed by atoms with Crippen LogP contribution in [0.1, 0.15) is 6.92 Å². The molecule has 0 saturated carbocycles. The maximum absolute atomic E-state index is 2.25. The van der Waals surface area contributed by atoms with Gasteiger partial charge in [-0.25, -0.2) is 0 Å². The van der Waals surface area contributed by atoms with Gasteiger partial charge >= 0.3 is 0 Å². The Hall–Kier alpha value is -0.700. The third-order valence-corrected chi connectivity index (χ3v) is 1.34. The zero-order valence-corrected chi connectivity index (χ0v) is 6.17. The smallest absolute Gasteiger partial charge is 0.0890 e. The molecule has 0 unspecified atom stereocenters. The lowest BCUT2D eigenvalue weighted by atomic mass is 10.6. The highest BCUT2D eigenvalue weighted by atomic mass is 15.3. The van der Waals surface area contributed by atoms with Crippen LogP contribution in [-0.2, 0) is 0 Å². The van der Waals surface area contributed by atoms with Gasteiger partial charge in [0.2, 0.25) is 0 Å². The molecule has 3 heteroatoms. The first-order valence-electron chi connectivity index (χ1n) is 2.95. The van der Waals surface area contributed by atoms with Crippen molar-refractivity contribution in [2.45, 2.75) is 6.92 Å². The van der Waals surface area contributed by atoms with Crippen molar-refractivity contribution in [1.82, 2.24) is 16.0 Å². The topological polar surface area (TPSA) is 41.5 Å². The van der Waals surface area contributed by atoms with Crippen molar-refractivity contribution in [2.75, 3.05) is 20.3 Å². The predicted octanol–water partition coefficient (Wildman–Crippen LogP) is 0.844. The molecule has 0 aromatic heterocycles. The fraction of sp³-hybridized carbons (Fsp3) is 0.667. The van der Waals surface area contributed by atoms with Gasteiger partial charge in [0.05, 0.1) is 6.67 Å². The predicted molar refractivity (Wildman–Crippen MR) is 39.2 cm³/mol. The monoisotopic (exact) mass is 129 g/mol. The molecule has 0 aromatic rings. The first-order chi connectivity index (χ1) is 3.83. The SMILES string of the molecule is CCN1C=CN(C)C1.N. The molecule has 54 valence electrons. The van der Waals surface area contributed by atoms with Crippen LogP contribution in [0.15, 0.2) is 12.4 Å². The van der Waals surface area contributed by atoms with E-state index < -0.39 is 0 Å². The van der Waals surface area contributed by atoms with Crippen LogP contribution in [0.5, 0.6) is 0 Å². The van der Waals surface area contributed by atoms with Crippen molar-refractivity contribution >= 4 is 0 Å². The van der Waals surface area contributed by atoms with Crippen LogP contribution in [0.2, 0.25) is 0 Å². The molecule has 0 atom stereocenters. The van der Waals surface area contributed by atoms with E-state index in [1.54, 1.807) is 0 Å². The summed E-state index contributed by atoms with van der Waals surface area (Å²) in [5.41, 5.74) is 0. The van der Waals surface area contributed by atoms with Crippen molar-refractivity contribution in [3.63, 3.8) is 0 Å². The van der Waals surface area contributed by atoms with Crippen LogP contribution < -0.4 is 6.15 Å². The summed E-state index contributed by atoms with van der Waals surface area (Å²) < 4.78 is 0. The van der Waals surface area contributed by atoms with Crippen LogP contribution >= 0.6 is 0 Å². The van der Waals surface area contributed by atoms with Crippen LogP contribution in [0.4, 0.5) is 0 Å². The molecule has 0 fully saturated rings. The summed E-state index contributed by atoms with van der Waals surface area (Å²) in [5, 5.41) is 0. The van der Waals surface area contributed by atoms with E-state index >= 15 is 0 Å². The van der Waals surface area contributed by atoms with E-state index in [0.29, 0.717) is 0 Å². The Morgan fingerprint density at radius 2 is 2.11 bits per heavy atom. The van der Waals surface area contributed by atoms with Crippen molar-refractivity contribution in [3.05, 3.63) is 12.4 Å². The minimum absolute atomic E-state index is 0. The van der Waals surface area contributed by atoms with Crippen molar-refractivity contribution < 1.29 is 0 Å². The molecule has 9 heavy (non-hydrogen) atoms. The highest BCUT2D eigenvalue weighted by Crippen LogP contribution is 2.00. The van der Waals surface area contributed by atoms with Gasteiger partial charge < -0.3 is 16.0 Å². The second-order valence-corrected chi connectivity index (χ2v) is 2.10. The highest BCUT2D eigenvalue weighted by Gasteiger charge is 2.03. The minimum Gasteiger partial charge on any atom is -0.362 e. The molecule has 1 aliphatic rings. The van der Waals surface area contributed by atoms with Crippen LogP contribution in [0.25, 0.3) is 0 Å². The Morgan fingerprint density at radius 1 is 1.44 bits per heavy atom. The number of nitrogens with zero attached hydrogens (tertiary/aromatic N) is 2. The Bertz CT molecular complexity index is 100. The lowest BCUT2D eigenvalue weighted by Gasteiger charge is -2.14. The summed E-state index contributed by atoms with van der Waals surface area (Å²) in [5.74, 6) is 0. The minimum atomic E-state index is 0. The molecular weight excluding hydrogens is 114 g/mol. The Labute approximate surface area is 56.5 Å². The van der Waals surface area contributed by atoms with Crippen LogP contribution in [-0.4, -0.2) is 30.1 Å². The Kier molecular flexibility index (Phi) is 3.09. The van der Waals surface area contributed by atoms with E-state index in [4.69, 9.17) is 0 Å². The van der Waals surface area contributed by atoms with Crippen LogP contribution in [0.3, 0.4) is 0 Å². The van der Waals surface area contributed by atoms with Crippen LogP contribution in [0, 0.1) is 0 Å². The molecule has 3 N–H and O–H groups in total. The number of hydrogen-bond acceptors (Lipinski definition) is 3. The van der Waals surface area contributed by atoms with Crippen molar-refractivity contribution in [1.29, 1.82) is 0 Å². The fourth-order valence-corrected chi connectivity index (χ4v) is 0.794. The normalized spacial score (nSPS) is 16.2. The molecule has 0 aromatic carbocycles. The third kappa shape index (κ3) is 1.93. The summed E-state index contributed by atoms with van der Waals surface area (Å²) in [7, 11) is 2.08. The standard InChI is InChI=1S/C6H12N2.H3N/c1-3-8-5-4-7(2)6-8;/h4-5H,3,6H2,1-2H3;1H3. The maximum atomic E-state index is 2.25. The molecule has 0 amide bonds. The Morgan fingerprint density at radius 3 is 2.33 bits per heavy atom. The van der Waals surface area contributed by atoms with Gasteiger partial charge in [-0.1, -0.05) is 0 Å². The molecule has 1 rings (SSSR count). The van der Waals surface area contributed by atoms with Gasteiger partial charge in [0.1, 0.15) is 0 Å². The molecular formula is C6H15N3. The van der Waals surface area contributed by atoms with Crippen molar-refractivity contribution in [2.24, 2.45) is 0 Å². The maximum Gasteiger partial charge on any atom is 0.0890 e. The first-order valence-corrected chi connectivity index (χ1v) is 2.95. The van der Waals surface area contributed by atoms with Crippen molar-refractivity contribution in [3.8, 4) is 0 Å². The number of rotatable bonds is 1. The molecule has 0 spiro atoms. The van der Waals surface area contributed by atoms with Gasteiger partial charge in [0.15, 0.2) is 0 Å². The van der Waals surface area contributed by atoms with E-state index in [2.05, 4.69) is 36.2 Å².